The molecule has 1 aromatic rings. The minimum absolute atomic E-state index is 0.0856. The normalized spacial score (nSPS) is 32.9. The highest BCUT2D eigenvalue weighted by Gasteiger charge is 2.55. The van der Waals surface area contributed by atoms with E-state index < -0.39 is 6.04 Å². The first-order chi connectivity index (χ1) is 14.9. The molecule has 2 heterocycles. The van der Waals surface area contributed by atoms with Gasteiger partial charge in [-0.1, -0.05) is 13.8 Å². The van der Waals surface area contributed by atoms with Gasteiger partial charge in [-0.3, -0.25) is 14.6 Å². The van der Waals surface area contributed by atoms with Crippen LogP contribution in [0.15, 0.2) is 24.5 Å². The number of pyridine rings is 1. The fourth-order valence-corrected chi connectivity index (χ4v) is 7.13. The van der Waals surface area contributed by atoms with Crippen molar-refractivity contribution in [1.82, 2.24) is 15.2 Å². The van der Waals surface area contributed by atoms with Crippen molar-refractivity contribution in [2.45, 2.75) is 58.4 Å². The topological polar surface area (TPSA) is 65.5 Å². The largest absolute Gasteiger partial charge is 0.368 e. The predicted octanol–water partition coefficient (Wildman–Crippen LogP) is 3.09. The lowest BCUT2D eigenvalue weighted by Crippen LogP contribution is -2.60. The molecule has 2 amide bonds. The maximum Gasteiger partial charge on any atom is 0.245 e. The van der Waals surface area contributed by atoms with Crippen LogP contribution in [0.1, 0.15) is 52.4 Å². The summed E-state index contributed by atoms with van der Waals surface area (Å²) in [5.41, 5.74) is 0.944. The fourth-order valence-electron chi connectivity index (χ4n) is 7.13. The fraction of sp³-hybridized carbons (Fsp3) is 0.720. The van der Waals surface area contributed by atoms with Crippen molar-refractivity contribution >= 4 is 17.5 Å². The molecule has 0 unspecified atom stereocenters. The summed E-state index contributed by atoms with van der Waals surface area (Å²) in [6, 6.07) is 3.60. The van der Waals surface area contributed by atoms with Crippen LogP contribution in [0.25, 0.3) is 0 Å². The van der Waals surface area contributed by atoms with Gasteiger partial charge in [-0.25, -0.2) is 0 Å². The first kappa shape index (κ1) is 20.8. The van der Waals surface area contributed by atoms with E-state index in [2.05, 4.69) is 29.0 Å². The van der Waals surface area contributed by atoms with E-state index in [0.717, 1.165) is 55.8 Å². The van der Waals surface area contributed by atoms with Gasteiger partial charge in [0.2, 0.25) is 11.8 Å². The minimum Gasteiger partial charge on any atom is -0.368 e. The number of anilines is 1. The zero-order valence-electron chi connectivity index (χ0n) is 18.9. The molecule has 31 heavy (non-hydrogen) atoms. The molecule has 0 spiro atoms. The van der Waals surface area contributed by atoms with Crippen molar-refractivity contribution in [2.75, 3.05) is 31.1 Å². The lowest BCUT2D eigenvalue weighted by atomic mass is 9.49. The summed E-state index contributed by atoms with van der Waals surface area (Å²) >= 11 is 0. The number of piperazine rings is 1. The highest BCUT2D eigenvalue weighted by atomic mass is 16.2. The van der Waals surface area contributed by atoms with Gasteiger partial charge in [0, 0.05) is 49.7 Å². The Morgan fingerprint density at radius 1 is 0.968 bits per heavy atom. The van der Waals surface area contributed by atoms with Gasteiger partial charge in [-0.05, 0) is 74.3 Å². The molecular formula is C25H36N4O2. The highest BCUT2D eigenvalue weighted by molar-refractivity contribution is 5.90. The van der Waals surface area contributed by atoms with E-state index in [1.165, 1.54) is 19.3 Å². The number of hydrogen-bond donors (Lipinski definition) is 1. The quantitative estimate of drug-likeness (QED) is 0.789. The summed E-state index contributed by atoms with van der Waals surface area (Å²) < 4.78 is 0. The van der Waals surface area contributed by atoms with Crippen LogP contribution in [0.2, 0.25) is 0 Å². The predicted molar refractivity (Wildman–Crippen MR) is 120 cm³/mol. The van der Waals surface area contributed by atoms with Crippen molar-refractivity contribution in [3.05, 3.63) is 24.5 Å². The second-order valence-electron chi connectivity index (χ2n) is 10.9. The molecule has 5 aliphatic rings. The van der Waals surface area contributed by atoms with Gasteiger partial charge < -0.3 is 15.1 Å². The zero-order valence-corrected chi connectivity index (χ0v) is 18.9. The Morgan fingerprint density at radius 3 is 2.03 bits per heavy atom. The summed E-state index contributed by atoms with van der Waals surface area (Å²) in [5, 5.41) is 3.26. The lowest BCUT2D eigenvalue weighted by molar-refractivity contribution is -0.150. The number of nitrogens with zero attached hydrogens (tertiary/aromatic N) is 3. The molecular weight excluding hydrogens is 388 g/mol. The number of rotatable bonds is 5. The summed E-state index contributed by atoms with van der Waals surface area (Å²) in [6.07, 6.45) is 10.7. The number of amides is 2. The minimum atomic E-state index is -0.423. The molecule has 4 bridgehead atoms. The second-order valence-corrected chi connectivity index (χ2v) is 10.9. The van der Waals surface area contributed by atoms with Crippen LogP contribution in [0, 0.1) is 29.1 Å². The van der Waals surface area contributed by atoms with Crippen LogP contribution in [-0.2, 0) is 9.59 Å². The van der Waals surface area contributed by atoms with E-state index in [4.69, 9.17) is 0 Å². The summed E-state index contributed by atoms with van der Waals surface area (Å²) in [7, 11) is 0. The van der Waals surface area contributed by atoms with Gasteiger partial charge in [-0.15, -0.1) is 0 Å². The molecule has 1 N–H and O–H groups in total. The Balaban J connectivity index is 1.23. The van der Waals surface area contributed by atoms with Crippen molar-refractivity contribution in [2.24, 2.45) is 29.1 Å². The Kier molecular flexibility index (Phi) is 5.43. The van der Waals surface area contributed by atoms with E-state index in [1.54, 1.807) is 0 Å². The number of nitrogens with one attached hydrogen (secondary N) is 1. The average molecular weight is 425 g/mol. The maximum absolute atomic E-state index is 13.5. The van der Waals surface area contributed by atoms with E-state index in [9.17, 15) is 9.59 Å². The van der Waals surface area contributed by atoms with Crippen LogP contribution < -0.4 is 10.2 Å². The summed E-state index contributed by atoms with van der Waals surface area (Å²) in [6.45, 7) is 7.10. The van der Waals surface area contributed by atoms with E-state index in [-0.39, 0.29) is 23.1 Å². The summed E-state index contributed by atoms with van der Waals surface area (Å²) in [4.78, 5) is 35.3. The van der Waals surface area contributed by atoms with Crippen LogP contribution in [0.3, 0.4) is 0 Å². The van der Waals surface area contributed by atoms with Gasteiger partial charge in [0.15, 0.2) is 0 Å². The Morgan fingerprint density at radius 2 is 1.52 bits per heavy atom. The average Bonchev–Trinajstić information content (AvgIpc) is 2.76. The first-order valence-corrected chi connectivity index (χ1v) is 12.2. The molecule has 4 saturated carbocycles. The number of aromatic nitrogens is 1. The number of carbonyl (C=O) groups is 2. The van der Waals surface area contributed by atoms with Crippen molar-refractivity contribution in [3.8, 4) is 0 Å². The molecule has 6 nitrogen and oxygen atoms in total. The second kappa shape index (κ2) is 8.10. The molecule has 6 rings (SSSR count). The van der Waals surface area contributed by atoms with Gasteiger partial charge in [-0.2, -0.15) is 0 Å². The van der Waals surface area contributed by atoms with Gasteiger partial charge >= 0.3 is 0 Å². The molecule has 1 aliphatic heterocycles. The Bertz CT molecular complexity index is 781. The van der Waals surface area contributed by atoms with Crippen LogP contribution in [0.5, 0.6) is 0 Å². The van der Waals surface area contributed by atoms with Crippen LogP contribution in [0.4, 0.5) is 5.69 Å². The Hall–Kier alpha value is -2.11. The van der Waals surface area contributed by atoms with Crippen molar-refractivity contribution in [1.29, 1.82) is 0 Å². The van der Waals surface area contributed by atoms with Crippen molar-refractivity contribution < 1.29 is 9.59 Å². The standard InChI is InChI=1S/C25H36N4O2/c1-17(2)22(23(30)29-9-7-28(8-10-29)21-3-5-26-6-4-21)27-24(31)25-14-18-11-19(15-25)13-20(12-18)16-25/h3-6,17-20,22H,7-16H2,1-2H3,(H,27,31)/t18?,19?,20?,22-,25?/m0/s1. The van der Waals surface area contributed by atoms with Gasteiger partial charge in [0.25, 0.3) is 0 Å². The maximum atomic E-state index is 13.5. The third-order valence-electron chi connectivity index (χ3n) is 8.36. The van der Waals surface area contributed by atoms with E-state index >= 15 is 0 Å². The molecule has 6 heteroatoms. The molecule has 168 valence electrons. The van der Waals surface area contributed by atoms with E-state index in [0.29, 0.717) is 13.1 Å². The van der Waals surface area contributed by atoms with Crippen LogP contribution in [-0.4, -0.2) is 53.9 Å². The Labute approximate surface area is 185 Å². The number of hydrogen-bond acceptors (Lipinski definition) is 4. The molecule has 1 saturated heterocycles. The molecule has 1 aromatic heterocycles. The molecule has 1 atom stereocenters. The third kappa shape index (κ3) is 3.94. The SMILES string of the molecule is CC(C)[C@H](NC(=O)C12CC3CC(CC(C3)C1)C2)C(=O)N1CCN(c2ccncc2)CC1. The van der Waals surface area contributed by atoms with Crippen molar-refractivity contribution in [3.63, 3.8) is 0 Å². The molecule has 0 radical (unpaired) electrons. The zero-order chi connectivity index (χ0) is 21.6. The van der Waals surface area contributed by atoms with Gasteiger partial charge in [0.1, 0.15) is 6.04 Å². The third-order valence-corrected chi connectivity index (χ3v) is 8.36. The number of carbonyl (C=O) groups excluding carboxylic acids is 2. The monoisotopic (exact) mass is 424 g/mol. The highest BCUT2D eigenvalue weighted by Crippen LogP contribution is 2.60. The van der Waals surface area contributed by atoms with Crippen LogP contribution >= 0.6 is 0 Å². The van der Waals surface area contributed by atoms with Gasteiger partial charge in [0.05, 0.1) is 0 Å². The smallest absolute Gasteiger partial charge is 0.245 e. The molecule has 5 fully saturated rings. The lowest BCUT2D eigenvalue weighted by Gasteiger charge is -2.56. The first-order valence-electron chi connectivity index (χ1n) is 12.2. The summed E-state index contributed by atoms with van der Waals surface area (Å²) in [5.74, 6) is 2.52. The molecule has 4 aliphatic carbocycles. The van der Waals surface area contributed by atoms with E-state index in [1.807, 2.05) is 29.4 Å². The molecule has 0 aromatic carbocycles.